The zero-order valence-electron chi connectivity index (χ0n) is 7.31. The second-order valence-corrected chi connectivity index (χ2v) is 4.31. The van der Waals surface area contributed by atoms with Gasteiger partial charge in [-0.1, -0.05) is 30.3 Å². The van der Waals surface area contributed by atoms with Crippen molar-refractivity contribution in [2.45, 2.75) is 11.4 Å². The van der Waals surface area contributed by atoms with Gasteiger partial charge in [-0.25, -0.2) is 0 Å². The van der Waals surface area contributed by atoms with E-state index in [0.29, 0.717) is 5.37 Å². The molecule has 2 N–H and O–H groups in total. The predicted octanol–water partition coefficient (Wildman–Crippen LogP) is 1.38. The van der Waals surface area contributed by atoms with E-state index in [2.05, 4.69) is 17.4 Å². The maximum absolute atomic E-state index is 8.95. The molecular formula is C10H13NOS. The highest BCUT2D eigenvalue weighted by Gasteiger charge is 2.24. The number of hydrogen-bond acceptors (Lipinski definition) is 3. The van der Waals surface area contributed by atoms with Crippen LogP contribution in [0.3, 0.4) is 0 Å². The Balaban J connectivity index is 2.04. The van der Waals surface area contributed by atoms with Crippen LogP contribution in [0.15, 0.2) is 30.3 Å². The first-order valence-corrected chi connectivity index (χ1v) is 5.48. The zero-order chi connectivity index (χ0) is 9.10. The highest BCUT2D eigenvalue weighted by Crippen LogP contribution is 2.32. The number of benzene rings is 1. The van der Waals surface area contributed by atoms with E-state index >= 15 is 0 Å². The number of thioether (sulfide) groups is 1. The van der Waals surface area contributed by atoms with Gasteiger partial charge in [0.2, 0.25) is 0 Å². The van der Waals surface area contributed by atoms with Gasteiger partial charge >= 0.3 is 0 Å². The van der Waals surface area contributed by atoms with E-state index in [1.54, 1.807) is 0 Å². The molecule has 0 radical (unpaired) electrons. The van der Waals surface area contributed by atoms with Crippen molar-refractivity contribution in [3.8, 4) is 0 Å². The third-order valence-corrected chi connectivity index (χ3v) is 3.51. The van der Waals surface area contributed by atoms with Gasteiger partial charge in [-0.15, -0.1) is 11.8 Å². The van der Waals surface area contributed by atoms with E-state index < -0.39 is 0 Å². The van der Waals surface area contributed by atoms with Gasteiger partial charge in [-0.05, 0) is 5.56 Å². The highest BCUT2D eigenvalue weighted by molar-refractivity contribution is 7.99. The molecule has 2 nitrogen and oxygen atoms in total. The van der Waals surface area contributed by atoms with E-state index in [0.717, 1.165) is 5.75 Å². The van der Waals surface area contributed by atoms with Crippen molar-refractivity contribution < 1.29 is 5.11 Å². The largest absolute Gasteiger partial charge is 0.395 e. The minimum atomic E-state index is 0.232. The van der Waals surface area contributed by atoms with Crippen molar-refractivity contribution in [2.75, 3.05) is 12.4 Å². The molecule has 0 aromatic heterocycles. The molecule has 0 amide bonds. The van der Waals surface area contributed by atoms with Crippen molar-refractivity contribution in [3.63, 3.8) is 0 Å². The summed E-state index contributed by atoms with van der Waals surface area (Å²) >= 11 is 1.86. The van der Waals surface area contributed by atoms with Crippen LogP contribution in [0, 0.1) is 0 Å². The Morgan fingerprint density at radius 2 is 2.15 bits per heavy atom. The Bertz CT molecular complexity index is 265. The number of aliphatic hydroxyl groups is 1. The maximum Gasteiger partial charge on any atom is 0.0793 e. The smallest absolute Gasteiger partial charge is 0.0793 e. The average molecular weight is 195 g/mol. The fourth-order valence-corrected chi connectivity index (χ4v) is 2.71. The molecule has 0 bridgehead atoms. The summed E-state index contributed by atoms with van der Waals surface area (Å²) in [6, 6.07) is 10.6. The van der Waals surface area contributed by atoms with Gasteiger partial charge in [0.05, 0.1) is 12.0 Å². The molecule has 1 aromatic rings. The Kier molecular flexibility index (Phi) is 2.88. The van der Waals surface area contributed by atoms with Crippen molar-refractivity contribution in [2.24, 2.45) is 0 Å². The summed E-state index contributed by atoms with van der Waals surface area (Å²) in [5.41, 5.74) is 1.29. The molecule has 1 heterocycles. The summed E-state index contributed by atoms with van der Waals surface area (Å²) in [7, 11) is 0. The number of nitrogens with one attached hydrogen (secondary N) is 1. The molecule has 3 heteroatoms. The van der Waals surface area contributed by atoms with Crippen LogP contribution in [0.2, 0.25) is 0 Å². The lowest BCUT2D eigenvalue weighted by molar-refractivity contribution is 0.257. The standard InChI is InChI=1S/C10H13NOS/c12-6-9-7-13-10(11-9)8-4-2-1-3-5-8/h1-5,9-12H,6-7H2/t9-,10+/m1/s1. The molecule has 1 aromatic carbocycles. The van der Waals surface area contributed by atoms with Gasteiger partial charge in [-0.3, -0.25) is 5.32 Å². The van der Waals surface area contributed by atoms with Crippen LogP contribution < -0.4 is 5.32 Å². The van der Waals surface area contributed by atoms with Crippen LogP contribution in [0.5, 0.6) is 0 Å². The molecule has 0 aliphatic carbocycles. The minimum Gasteiger partial charge on any atom is -0.395 e. The van der Waals surface area contributed by atoms with Crippen molar-refractivity contribution in [3.05, 3.63) is 35.9 Å². The molecule has 2 rings (SSSR count). The van der Waals surface area contributed by atoms with Crippen molar-refractivity contribution in [1.29, 1.82) is 0 Å². The Morgan fingerprint density at radius 3 is 2.77 bits per heavy atom. The third kappa shape index (κ3) is 2.05. The summed E-state index contributed by atoms with van der Waals surface area (Å²) in [5, 5.41) is 12.7. The summed E-state index contributed by atoms with van der Waals surface area (Å²) in [5.74, 6) is 0.996. The van der Waals surface area contributed by atoms with E-state index in [1.807, 2.05) is 30.0 Å². The van der Waals surface area contributed by atoms with E-state index in [4.69, 9.17) is 5.11 Å². The van der Waals surface area contributed by atoms with Gasteiger partial charge in [0.15, 0.2) is 0 Å². The van der Waals surface area contributed by atoms with Gasteiger partial charge in [0.1, 0.15) is 0 Å². The first-order chi connectivity index (χ1) is 6.40. The Hall–Kier alpha value is -0.510. The van der Waals surface area contributed by atoms with Crippen LogP contribution >= 0.6 is 11.8 Å². The monoisotopic (exact) mass is 195 g/mol. The van der Waals surface area contributed by atoms with Gasteiger partial charge in [-0.2, -0.15) is 0 Å². The minimum absolute atomic E-state index is 0.232. The van der Waals surface area contributed by atoms with Crippen LogP contribution in [0.25, 0.3) is 0 Å². The SMILES string of the molecule is OC[C@@H]1CS[C@@H](c2ccccc2)N1. The number of aliphatic hydroxyl groups excluding tert-OH is 1. The molecule has 1 aliphatic rings. The quantitative estimate of drug-likeness (QED) is 0.748. The predicted molar refractivity (Wildman–Crippen MR) is 55.7 cm³/mol. The molecule has 1 aliphatic heterocycles. The van der Waals surface area contributed by atoms with Crippen molar-refractivity contribution in [1.82, 2.24) is 5.32 Å². The molecule has 0 unspecified atom stereocenters. The second-order valence-electron chi connectivity index (χ2n) is 3.17. The van der Waals surface area contributed by atoms with Crippen LogP contribution in [0.1, 0.15) is 10.9 Å². The van der Waals surface area contributed by atoms with Gasteiger partial charge in [0.25, 0.3) is 0 Å². The molecule has 13 heavy (non-hydrogen) atoms. The summed E-state index contributed by atoms with van der Waals surface area (Å²) in [4.78, 5) is 0. The zero-order valence-corrected chi connectivity index (χ0v) is 8.13. The molecule has 1 saturated heterocycles. The lowest BCUT2D eigenvalue weighted by Crippen LogP contribution is -2.28. The van der Waals surface area contributed by atoms with Crippen LogP contribution in [-0.2, 0) is 0 Å². The molecule has 2 atom stereocenters. The highest BCUT2D eigenvalue weighted by atomic mass is 32.2. The fourth-order valence-electron chi connectivity index (χ4n) is 1.45. The van der Waals surface area contributed by atoms with Crippen LogP contribution in [0.4, 0.5) is 0 Å². The van der Waals surface area contributed by atoms with E-state index in [1.165, 1.54) is 5.56 Å². The van der Waals surface area contributed by atoms with E-state index in [-0.39, 0.29) is 12.6 Å². The summed E-state index contributed by atoms with van der Waals surface area (Å²) in [6.07, 6.45) is 0. The maximum atomic E-state index is 8.95. The Morgan fingerprint density at radius 1 is 1.38 bits per heavy atom. The lowest BCUT2D eigenvalue weighted by Gasteiger charge is -2.11. The molecule has 0 saturated carbocycles. The summed E-state index contributed by atoms with van der Waals surface area (Å²) < 4.78 is 0. The number of hydrogen-bond donors (Lipinski definition) is 2. The van der Waals surface area contributed by atoms with Crippen LogP contribution in [-0.4, -0.2) is 23.5 Å². The van der Waals surface area contributed by atoms with Crippen molar-refractivity contribution >= 4 is 11.8 Å². The first kappa shape index (κ1) is 9.06. The summed E-state index contributed by atoms with van der Waals surface area (Å²) in [6.45, 7) is 0.232. The third-order valence-electron chi connectivity index (χ3n) is 2.17. The number of rotatable bonds is 2. The van der Waals surface area contributed by atoms with E-state index in [9.17, 15) is 0 Å². The fraction of sp³-hybridized carbons (Fsp3) is 0.400. The Labute approximate surface area is 82.4 Å². The first-order valence-electron chi connectivity index (χ1n) is 4.43. The molecule has 1 fully saturated rings. The lowest BCUT2D eigenvalue weighted by atomic mass is 10.2. The molecular weight excluding hydrogens is 182 g/mol. The van der Waals surface area contributed by atoms with Gasteiger partial charge in [0, 0.05) is 11.8 Å². The molecule has 0 spiro atoms. The molecule has 70 valence electrons. The second kappa shape index (κ2) is 4.13. The topological polar surface area (TPSA) is 32.3 Å². The van der Waals surface area contributed by atoms with Gasteiger partial charge < -0.3 is 5.11 Å². The normalized spacial score (nSPS) is 27.8. The average Bonchev–Trinajstić information content (AvgIpc) is 2.67.